The molecule has 6 nitrogen and oxygen atoms in total. The molecule has 6 heteroatoms. The summed E-state index contributed by atoms with van der Waals surface area (Å²) in [5, 5.41) is 1.15. The van der Waals surface area contributed by atoms with Crippen LogP contribution in [0.2, 0.25) is 0 Å². The minimum Gasteiger partial charge on any atom is -0.490 e. The van der Waals surface area contributed by atoms with Gasteiger partial charge in [0.05, 0.1) is 12.6 Å². The van der Waals surface area contributed by atoms with Crippen molar-refractivity contribution in [1.29, 1.82) is 0 Å². The van der Waals surface area contributed by atoms with Gasteiger partial charge in [-0.25, -0.2) is 10.3 Å². The van der Waals surface area contributed by atoms with E-state index in [9.17, 15) is 4.79 Å². The van der Waals surface area contributed by atoms with Gasteiger partial charge in [-0.15, -0.1) is 0 Å². The number of carbonyl (C=O) groups excluding carboxylic acids is 1. The second kappa shape index (κ2) is 8.49. The number of benzene rings is 2. The second-order valence-corrected chi connectivity index (χ2v) is 7.25. The lowest BCUT2D eigenvalue weighted by molar-refractivity contribution is 0.0668. The van der Waals surface area contributed by atoms with Crippen LogP contribution in [0.4, 0.5) is 4.79 Å². The van der Waals surface area contributed by atoms with Crippen LogP contribution in [0.1, 0.15) is 18.4 Å². The third-order valence-corrected chi connectivity index (χ3v) is 5.41. The highest BCUT2D eigenvalue weighted by molar-refractivity contribution is 5.88. The van der Waals surface area contributed by atoms with Gasteiger partial charge >= 0.3 is 6.03 Å². The number of nitrogens with one attached hydrogen (secondary N) is 1. The molecule has 0 radical (unpaired) electrons. The fourth-order valence-corrected chi connectivity index (χ4v) is 3.84. The van der Waals surface area contributed by atoms with Crippen LogP contribution in [0, 0.1) is 6.92 Å². The van der Waals surface area contributed by atoms with E-state index in [4.69, 9.17) is 4.74 Å². The average Bonchev–Trinajstić information content (AvgIpc) is 2.76. The van der Waals surface area contributed by atoms with Crippen LogP contribution in [0.25, 0.3) is 22.0 Å². The van der Waals surface area contributed by atoms with Crippen LogP contribution in [0.3, 0.4) is 0 Å². The number of nitrogens with zero attached hydrogens (tertiary/aromatic N) is 2. The highest BCUT2D eigenvalue weighted by Gasteiger charge is 2.24. The molecule has 0 saturated carbocycles. The molecule has 1 aliphatic rings. The summed E-state index contributed by atoms with van der Waals surface area (Å²) in [5.74, 6) is 0.852. The zero-order valence-corrected chi connectivity index (χ0v) is 16.7. The van der Waals surface area contributed by atoms with Crippen molar-refractivity contribution in [1.82, 2.24) is 15.4 Å². The Morgan fingerprint density at radius 1 is 1.10 bits per heavy atom. The average molecular weight is 391 g/mol. The van der Waals surface area contributed by atoms with E-state index in [0.717, 1.165) is 35.1 Å². The number of piperidine rings is 1. The molecular formula is C23H25N3O3. The van der Waals surface area contributed by atoms with Gasteiger partial charge in [-0.3, -0.25) is 9.82 Å². The highest BCUT2D eigenvalue weighted by atomic mass is 16.6. The molecule has 1 aliphatic heterocycles. The molecule has 0 spiro atoms. The molecule has 0 atom stereocenters. The molecule has 29 heavy (non-hydrogen) atoms. The van der Waals surface area contributed by atoms with Gasteiger partial charge in [0.1, 0.15) is 11.9 Å². The Morgan fingerprint density at radius 3 is 2.59 bits per heavy atom. The zero-order valence-electron chi connectivity index (χ0n) is 16.7. The Balaban J connectivity index is 1.42. The topological polar surface area (TPSA) is 63.7 Å². The number of aryl methyl sites for hydroxylation is 1. The van der Waals surface area contributed by atoms with Crippen LogP contribution in [-0.4, -0.2) is 42.2 Å². The molecule has 150 valence electrons. The molecule has 2 amide bonds. The third kappa shape index (κ3) is 4.17. The minimum absolute atomic E-state index is 0.110. The van der Waals surface area contributed by atoms with E-state index in [1.807, 2.05) is 24.4 Å². The van der Waals surface area contributed by atoms with Crippen LogP contribution in [0.15, 0.2) is 54.7 Å². The summed E-state index contributed by atoms with van der Waals surface area (Å²) in [4.78, 5) is 22.7. The first-order valence-electron chi connectivity index (χ1n) is 9.85. The first-order chi connectivity index (χ1) is 14.2. The Morgan fingerprint density at radius 2 is 1.86 bits per heavy atom. The van der Waals surface area contributed by atoms with Crippen molar-refractivity contribution in [3.05, 3.63) is 60.3 Å². The van der Waals surface area contributed by atoms with Gasteiger partial charge in [-0.05, 0) is 41.8 Å². The summed E-state index contributed by atoms with van der Waals surface area (Å²) in [6.45, 7) is 3.42. The number of ether oxygens (including phenoxy) is 1. The first kappa shape index (κ1) is 19.2. The summed E-state index contributed by atoms with van der Waals surface area (Å²) >= 11 is 0. The summed E-state index contributed by atoms with van der Waals surface area (Å²) < 4.78 is 6.13. The molecule has 1 N–H and O–H groups in total. The van der Waals surface area contributed by atoms with Gasteiger partial charge in [0.25, 0.3) is 0 Å². The first-order valence-corrected chi connectivity index (χ1v) is 9.85. The van der Waals surface area contributed by atoms with Crippen LogP contribution in [0.5, 0.6) is 5.75 Å². The van der Waals surface area contributed by atoms with Gasteiger partial charge in [-0.2, -0.15) is 0 Å². The molecule has 2 aromatic carbocycles. The van der Waals surface area contributed by atoms with Crippen molar-refractivity contribution in [2.24, 2.45) is 0 Å². The van der Waals surface area contributed by atoms with Crippen molar-refractivity contribution >= 4 is 16.9 Å². The molecule has 2 heterocycles. The van der Waals surface area contributed by atoms with E-state index in [1.54, 1.807) is 4.90 Å². The lowest BCUT2D eigenvalue weighted by Gasteiger charge is -2.31. The number of hydrogen-bond donors (Lipinski definition) is 1. The number of hydroxylamine groups is 1. The molecule has 1 saturated heterocycles. The molecular weight excluding hydrogens is 366 g/mol. The Labute approximate surface area is 170 Å². The molecule has 3 aromatic rings. The van der Waals surface area contributed by atoms with Gasteiger partial charge in [0, 0.05) is 37.5 Å². The van der Waals surface area contributed by atoms with Crippen molar-refractivity contribution in [2.45, 2.75) is 25.9 Å². The second-order valence-electron chi connectivity index (χ2n) is 7.25. The summed E-state index contributed by atoms with van der Waals surface area (Å²) in [6, 6.07) is 16.3. The smallest absolute Gasteiger partial charge is 0.341 e. The maximum Gasteiger partial charge on any atom is 0.341 e. The fourth-order valence-electron chi connectivity index (χ4n) is 3.84. The number of rotatable bonds is 4. The van der Waals surface area contributed by atoms with Crippen LogP contribution >= 0.6 is 0 Å². The van der Waals surface area contributed by atoms with E-state index in [-0.39, 0.29) is 12.1 Å². The number of aromatic nitrogens is 1. The predicted molar refractivity (Wildman–Crippen MR) is 113 cm³/mol. The van der Waals surface area contributed by atoms with E-state index in [2.05, 4.69) is 52.6 Å². The van der Waals surface area contributed by atoms with Gasteiger partial charge in [0.2, 0.25) is 0 Å². The van der Waals surface area contributed by atoms with Crippen molar-refractivity contribution in [2.75, 3.05) is 20.2 Å². The van der Waals surface area contributed by atoms with Gasteiger partial charge < -0.3 is 9.64 Å². The summed E-state index contributed by atoms with van der Waals surface area (Å²) in [5.41, 5.74) is 6.90. The summed E-state index contributed by atoms with van der Waals surface area (Å²) in [7, 11) is 1.44. The lowest BCUT2D eigenvalue weighted by Crippen LogP contribution is -2.46. The third-order valence-electron chi connectivity index (χ3n) is 5.41. The number of pyridine rings is 1. The molecule has 1 aromatic heterocycles. The fraction of sp³-hybridized carbons (Fsp3) is 0.304. The highest BCUT2D eigenvalue weighted by Crippen LogP contribution is 2.30. The maximum atomic E-state index is 11.8. The number of fused-ring (bicyclic) bond motifs is 1. The Bertz CT molecular complexity index is 996. The lowest BCUT2D eigenvalue weighted by atomic mass is 9.98. The normalized spacial score (nSPS) is 14.8. The van der Waals surface area contributed by atoms with E-state index >= 15 is 0 Å². The predicted octanol–water partition coefficient (Wildman–Crippen LogP) is 4.32. The zero-order chi connectivity index (χ0) is 20.2. The maximum absolute atomic E-state index is 11.8. The Hall–Kier alpha value is -3.12. The monoisotopic (exact) mass is 391 g/mol. The van der Waals surface area contributed by atoms with Gasteiger partial charge in [-0.1, -0.05) is 30.3 Å². The van der Waals surface area contributed by atoms with Gasteiger partial charge in [0.15, 0.2) is 0 Å². The van der Waals surface area contributed by atoms with Crippen LogP contribution in [-0.2, 0) is 4.84 Å². The van der Waals surface area contributed by atoms with Crippen molar-refractivity contribution < 1.29 is 14.4 Å². The van der Waals surface area contributed by atoms with E-state index in [0.29, 0.717) is 13.1 Å². The number of amides is 2. The number of hydrogen-bond acceptors (Lipinski definition) is 4. The van der Waals surface area contributed by atoms with Crippen molar-refractivity contribution in [3.63, 3.8) is 0 Å². The molecule has 1 fully saturated rings. The van der Waals surface area contributed by atoms with Crippen molar-refractivity contribution in [3.8, 4) is 16.9 Å². The quantitative estimate of drug-likeness (QED) is 0.673. The molecule has 0 unspecified atom stereocenters. The summed E-state index contributed by atoms with van der Waals surface area (Å²) in [6.07, 6.45) is 3.54. The SMILES string of the molecule is CONC(=O)N1CCC(Oc2ccc(-c3ccc4cccnc4c3C)cc2)CC1. The minimum atomic E-state index is -0.199. The molecule has 0 aliphatic carbocycles. The van der Waals surface area contributed by atoms with E-state index in [1.165, 1.54) is 18.2 Å². The van der Waals surface area contributed by atoms with Crippen LogP contribution < -0.4 is 10.2 Å². The molecule has 4 rings (SSSR count). The standard InChI is InChI=1S/C23H25N3O3/c1-16-21(10-7-18-4-3-13-24-22(16)18)17-5-8-19(9-6-17)29-20-11-14-26(15-12-20)23(27)25-28-2/h3-10,13,20H,11-12,14-15H2,1-2H3,(H,25,27). The molecule has 0 bridgehead atoms. The largest absolute Gasteiger partial charge is 0.490 e. The number of urea groups is 1. The number of carbonyl (C=O) groups is 1. The Kier molecular flexibility index (Phi) is 5.62. The number of likely N-dealkylation sites (tertiary alicyclic amines) is 1. The van der Waals surface area contributed by atoms with E-state index < -0.39 is 0 Å².